The van der Waals surface area contributed by atoms with Crippen LogP contribution in [-0.4, -0.2) is 53.6 Å². The van der Waals surface area contributed by atoms with Crippen LogP contribution in [-0.2, 0) is 11.3 Å². The van der Waals surface area contributed by atoms with Crippen LogP contribution in [0, 0.1) is 6.92 Å². The first kappa shape index (κ1) is 21.5. The van der Waals surface area contributed by atoms with E-state index >= 15 is 0 Å². The number of amides is 1. The van der Waals surface area contributed by atoms with E-state index in [4.69, 9.17) is 21.3 Å². The van der Waals surface area contributed by atoms with Crippen molar-refractivity contribution < 1.29 is 9.53 Å². The fourth-order valence-electron chi connectivity index (χ4n) is 4.34. The molecule has 1 aliphatic rings. The van der Waals surface area contributed by atoms with Crippen LogP contribution in [0.15, 0.2) is 48.9 Å². The maximum Gasteiger partial charge on any atom is 0.244 e. The van der Waals surface area contributed by atoms with E-state index < -0.39 is 0 Å². The number of carbonyl (C=O) groups is 1. The Labute approximate surface area is 205 Å². The summed E-state index contributed by atoms with van der Waals surface area (Å²) in [6.45, 7) is 3.76. The highest BCUT2D eigenvalue weighted by Gasteiger charge is 2.19. The number of aromatic nitrogens is 6. The summed E-state index contributed by atoms with van der Waals surface area (Å²) in [7, 11) is 0. The number of fused-ring (bicyclic) bond motifs is 2. The number of aryl methyl sites for hydroxylation is 1. The molecule has 0 saturated carbocycles. The SMILES string of the molecule is Cc1nc2ccc(Oc3ccc4ncc(-c5cnn(CC(=O)N6CCCC6)c5)nc4c3Cl)cc2[nH]1. The fraction of sp³-hybridized carbons (Fsp3) is 0.240. The summed E-state index contributed by atoms with van der Waals surface area (Å²) in [6, 6.07) is 9.24. The molecule has 1 saturated heterocycles. The summed E-state index contributed by atoms with van der Waals surface area (Å²) in [4.78, 5) is 31.2. The second-order valence-corrected chi connectivity index (χ2v) is 9.00. The topological polar surface area (TPSA) is 102 Å². The van der Waals surface area contributed by atoms with E-state index in [1.807, 2.05) is 36.1 Å². The molecule has 0 radical (unpaired) electrons. The number of H-pyrrole nitrogens is 1. The average Bonchev–Trinajstić information content (AvgIpc) is 3.61. The molecule has 0 spiro atoms. The number of aromatic amines is 1. The van der Waals surface area contributed by atoms with E-state index in [0.29, 0.717) is 33.2 Å². The number of carbonyl (C=O) groups excluding carboxylic acids is 1. The molecule has 176 valence electrons. The number of nitrogens with one attached hydrogen (secondary N) is 1. The van der Waals surface area contributed by atoms with Gasteiger partial charge in [0.2, 0.25) is 5.91 Å². The highest BCUT2D eigenvalue weighted by Crippen LogP contribution is 2.35. The van der Waals surface area contributed by atoms with Gasteiger partial charge in [-0.1, -0.05) is 11.6 Å². The van der Waals surface area contributed by atoms with Crippen LogP contribution < -0.4 is 4.74 Å². The van der Waals surface area contributed by atoms with Crippen molar-refractivity contribution in [2.45, 2.75) is 26.3 Å². The summed E-state index contributed by atoms with van der Waals surface area (Å²) in [5.41, 5.74) is 4.32. The molecule has 0 unspecified atom stereocenters. The molecule has 1 aliphatic heterocycles. The highest BCUT2D eigenvalue weighted by molar-refractivity contribution is 6.36. The fourth-order valence-corrected chi connectivity index (χ4v) is 4.58. The average molecular weight is 488 g/mol. The van der Waals surface area contributed by atoms with Gasteiger partial charge >= 0.3 is 0 Å². The molecular weight excluding hydrogens is 466 g/mol. The van der Waals surface area contributed by atoms with Gasteiger partial charge in [0, 0.05) is 30.9 Å². The van der Waals surface area contributed by atoms with Gasteiger partial charge in [-0.3, -0.25) is 14.5 Å². The van der Waals surface area contributed by atoms with Gasteiger partial charge in [-0.15, -0.1) is 0 Å². The lowest BCUT2D eigenvalue weighted by molar-refractivity contribution is -0.130. The molecule has 1 N–H and O–H groups in total. The molecule has 3 aromatic heterocycles. The molecule has 4 heterocycles. The van der Waals surface area contributed by atoms with Crippen molar-refractivity contribution in [1.29, 1.82) is 0 Å². The van der Waals surface area contributed by atoms with Gasteiger partial charge in [-0.25, -0.2) is 9.97 Å². The van der Waals surface area contributed by atoms with Crippen molar-refractivity contribution in [2.24, 2.45) is 0 Å². The third-order valence-corrected chi connectivity index (χ3v) is 6.47. The molecule has 9 nitrogen and oxygen atoms in total. The standard InChI is InChI=1S/C25H22ClN7O2/c1-15-29-18-5-4-17(10-20(18)30-15)35-22-7-6-19-25(24(22)26)31-21(12-27-19)16-11-28-33(13-16)14-23(34)32-8-2-3-9-32/h4-7,10-13H,2-3,8-9,14H2,1H3,(H,29,30). The van der Waals surface area contributed by atoms with Gasteiger partial charge in [-0.2, -0.15) is 5.10 Å². The predicted octanol–water partition coefficient (Wildman–Crippen LogP) is 4.75. The molecule has 2 aromatic carbocycles. The minimum absolute atomic E-state index is 0.0788. The summed E-state index contributed by atoms with van der Waals surface area (Å²) in [6.07, 6.45) is 7.29. The molecule has 35 heavy (non-hydrogen) atoms. The van der Waals surface area contributed by atoms with Crippen molar-refractivity contribution >= 4 is 39.6 Å². The van der Waals surface area contributed by atoms with Crippen LogP contribution in [0.5, 0.6) is 11.5 Å². The van der Waals surface area contributed by atoms with Crippen molar-refractivity contribution in [3.63, 3.8) is 0 Å². The minimum atomic E-state index is 0.0788. The Balaban J connectivity index is 1.27. The van der Waals surface area contributed by atoms with Crippen LogP contribution in [0.2, 0.25) is 5.02 Å². The van der Waals surface area contributed by atoms with E-state index in [0.717, 1.165) is 48.4 Å². The van der Waals surface area contributed by atoms with Gasteiger partial charge < -0.3 is 14.6 Å². The third kappa shape index (κ3) is 4.19. The largest absolute Gasteiger partial charge is 0.456 e. The second kappa shape index (κ2) is 8.66. The summed E-state index contributed by atoms with van der Waals surface area (Å²) in [5.74, 6) is 2.03. The molecule has 5 aromatic rings. The molecule has 0 bridgehead atoms. The molecule has 6 rings (SSSR count). The van der Waals surface area contributed by atoms with Gasteiger partial charge in [-0.05, 0) is 44.0 Å². The zero-order valence-corrected chi connectivity index (χ0v) is 19.8. The molecular formula is C25H22ClN7O2. The van der Waals surface area contributed by atoms with Crippen LogP contribution in [0.1, 0.15) is 18.7 Å². The predicted molar refractivity (Wildman–Crippen MR) is 132 cm³/mol. The Hall–Kier alpha value is -3.98. The monoisotopic (exact) mass is 487 g/mol. The van der Waals surface area contributed by atoms with Crippen LogP contribution in [0.25, 0.3) is 33.3 Å². The Morgan fingerprint density at radius 3 is 2.80 bits per heavy atom. The Morgan fingerprint density at radius 1 is 1.11 bits per heavy atom. The first-order valence-electron chi connectivity index (χ1n) is 11.4. The maximum absolute atomic E-state index is 12.4. The first-order chi connectivity index (χ1) is 17.0. The van der Waals surface area contributed by atoms with E-state index in [1.54, 1.807) is 29.3 Å². The zero-order valence-electron chi connectivity index (χ0n) is 19.0. The van der Waals surface area contributed by atoms with Crippen molar-refractivity contribution in [1.82, 2.24) is 34.6 Å². The van der Waals surface area contributed by atoms with E-state index in [9.17, 15) is 4.79 Å². The first-order valence-corrected chi connectivity index (χ1v) is 11.8. The minimum Gasteiger partial charge on any atom is -0.456 e. The molecule has 0 atom stereocenters. The Morgan fingerprint density at radius 2 is 1.94 bits per heavy atom. The summed E-state index contributed by atoms with van der Waals surface area (Å²) >= 11 is 6.70. The maximum atomic E-state index is 12.4. The van der Waals surface area contributed by atoms with E-state index in [-0.39, 0.29) is 12.5 Å². The quantitative estimate of drug-likeness (QED) is 0.384. The molecule has 1 fully saturated rings. The third-order valence-electron chi connectivity index (χ3n) is 6.10. The summed E-state index contributed by atoms with van der Waals surface area (Å²) in [5, 5.41) is 4.71. The van der Waals surface area contributed by atoms with Gasteiger partial charge in [0.15, 0.2) is 0 Å². The van der Waals surface area contributed by atoms with Crippen molar-refractivity contribution in [3.05, 3.63) is 59.8 Å². The number of likely N-dealkylation sites (tertiary alicyclic amines) is 1. The second-order valence-electron chi connectivity index (χ2n) is 8.62. The molecule has 10 heteroatoms. The Bertz CT molecular complexity index is 1570. The molecule has 1 amide bonds. The number of halogens is 1. The number of hydrogen-bond acceptors (Lipinski definition) is 6. The van der Waals surface area contributed by atoms with Crippen molar-refractivity contribution in [2.75, 3.05) is 13.1 Å². The number of nitrogens with zero attached hydrogens (tertiary/aromatic N) is 6. The van der Waals surface area contributed by atoms with Crippen LogP contribution >= 0.6 is 11.6 Å². The number of ether oxygens (including phenoxy) is 1. The number of imidazole rings is 1. The number of hydrogen-bond donors (Lipinski definition) is 1. The highest BCUT2D eigenvalue weighted by atomic mass is 35.5. The zero-order chi connectivity index (χ0) is 23.9. The van der Waals surface area contributed by atoms with E-state index in [1.165, 1.54) is 0 Å². The van der Waals surface area contributed by atoms with Gasteiger partial charge in [0.05, 0.1) is 34.6 Å². The van der Waals surface area contributed by atoms with Crippen LogP contribution in [0.4, 0.5) is 0 Å². The lowest BCUT2D eigenvalue weighted by Gasteiger charge is -2.14. The molecule has 0 aliphatic carbocycles. The smallest absolute Gasteiger partial charge is 0.244 e. The summed E-state index contributed by atoms with van der Waals surface area (Å²) < 4.78 is 7.71. The van der Waals surface area contributed by atoms with Crippen molar-refractivity contribution in [3.8, 4) is 22.8 Å². The lowest BCUT2D eigenvalue weighted by atomic mass is 10.2. The number of benzene rings is 2. The van der Waals surface area contributed by atoms with Gasteiger partial charge in [0.1, 0.15) is 34.4 Å². The lowest BCUT2D eigenvalue weighted by Crippen LogP contribution is -2.31. The normalized spacial score (nSPS) is 13.7. The number of rotatable bonds is 5. The van der Waals surface area contributed by atoms with Crippen LogP contribution in [0.3, 0.4) is 0 Å². The Kier molecular flexibility index (Phi) is 5.33. The van der Waals surface area contributed by atoms with Gasteiger partial charge in [0.25, 0.3) is 0 Å². The van der Waals surface area contributed by atoms with E-state index in [2.05, 4.69) is 20.1 Å².